The van der Waals surface area contributed by atoms with E-state index in [1.807, 2.05) is 0 Å². The van der Waals surface area contributed by atoms with Gasteiger partial charge >= 0.3 is 0 Å². The Hall–Kier alpha value is 0.270. The van der Waals surface area contributed by atoms with Crippen molar-refractivity contribution in [3.8, 4) is 0 Å². The van der Waals surface area contributed by atoms with Crippen LogP contribution in [0.1, 0.15) is 40.0 Å². The summed E-state index contributed by atoms with van der Waals surface area (Å²) in [5.74, 6) is 2.62. The molecule has 1 aliphatic carbocycles. The summed E-state index contributed by atoms with van der Waals surface area (Å²) in [4.78, 5) is 2.55. The molecule has 0 spiro atoms. The molecule has 0 aromatic carbocycles. The first-order chi connectivity index (χ1) is 8.00. The monoisotopic (exact) mass is 256 g/mol. The van der Waals surface area contributed by atoms with Crippen LogP contribution in [0.5, 0.6) is 0 Å². The van der Waals surface area contributed by atoms with Crippen molar-refractivity contribution in [2.75, 3.05) is 25.1 Å². The molecule has 17 heavy (non-hydrogen) atoms. The van der Waals surface area contributed by atoms with Gasteiger partial charge in [0.05, 0.1) is 0 Å². The zero-order valence-corrected chi connectivity index (χ0v) is 12.6. The van der Waals surface area contributed by atoms with Crippen LogP contribution in [0, 0.1) is 5.41 Å². The molecule has 0 aromatic rings. The molecule has 0 bridgehead atoms. The van der Waals surface area contributed by atoms with E-state index in [0.717, 1.165) is 12.6 Å². The van der Waals surface area contributed by atoms with Crippen LogP contribution in [0.25, 0.3) is 0 Å². The molecule has 1 heterocycles. The molecule has 2 aliphatic rings. The topological polar surface area (TPSA) is 15.3 Å². The van der Waals surface area contributed by atoms with Crippen LogP contribution < -0.4 is 5.32 Å². The Kier molecular flexibility index (Phi) is 4.43. The molecule has 1 saturated heterocycles. The Bertz CT molecular complexity index is 251. The number of nitrogens with zero attached hydrogens (tertiary/aromatic N) is 1. The van der Waals surface area contributed by atoms with Gasteiger partial charge in [0.15, 0.2) is 0 Å². The molecule has 2 nitrogen and oxygen atoms in total. The first-order valence-electron chi connectivity index (χ1n) is 7.04. The van der Waals surface area contributed by atoms with Crippen LogP contribution in [0.15, 0.2) is 0 Å². The molecule has 1 saturated carbocycles. The molecule has 1 aliphatic heterocycles. The lowest BCUT2D eigenvalue weighted by atomic mass is 9.82. The van der Waals surface area contributed by atoms with Crippen molar-refractivity contribution in [2.45, 2.75) is 58.2 Å². The lowest BCUT2D eigenvalue weighted by Gasteiger charge is -2.40. The predicted octanol–water partition coefficient (Wildman–Crippen LogP) is 2.59. The minimum Gasteiger partial charge on any atom is -0.311 e. The van der Waals surface area contributed by atoms with E-state index < -0.39 is 0 Å². The molecule has 3 heteroatoms. The fourth-order valence-corrected chi connectivity index (χ4v) is 4.21. The summed E-state index contributed by atoms with van der Waals surface area (Å²) in [7, 11) is 2.28. The summed E-state index contributed by atoms with van der Waals surface area (Å²) in [5.41, 5.74) is 0.475. The third-order valence-electron chi connectivity index (χ3n) is 4.60. The first kappa shape index (κ1) is 13.7. The van der Waals surface area contributed by atoms with Crippen molar-refractivity contribution < 1.29 is 0 Å². The van der Waals surface area contributed by atoms with Crippen LogP contribution in [0.2, 0.25) is 0 Å². The number of rotatable bonds is 5. The lowest BCUT2D eigenvalue weighted by molar-refractivity contribution is 0.201. The van der Waals surface area contributed by atoms with Gasteiger partial charge in [-0.1, -0.05) is 13.8 Å². The Balaban J connectivity index is 1.76. The minimum atomic E-state index is 0.475. The van der Waals surface area contributed by atoms with E-state index in [9.17, 15) is 0 Å². The van der Waals surface area contributed by atoms with E-state index in [2.05, 4.69) is 49.8 Å². The quantitative estimate of drug-likeness (QED) is 0.814. The van der Waals surface area contributed by atoms with Crippen LogP contribution in [0.3, 0.4) is 0 Å². The van der Waals surface area contributed by atoms with Gasteiger partial charge in [-0.3, -0.25) is 4.90 Å². The van der Waals surface area contributed by atoms with Crippen molar-refractivity contribution in [1.29, 1.82) is 0 Å². The van der Waals surface area contributed by atoms with Gasteiger partial charge in [-0.2, -0.15) is 11.8 Å². The molecular weight excluding hydrogens is 228 g/mol. The molecule has 0 aromatic heterocycles. The number of thioether (sulfide) groups is 1. The summed E-state index contributed by atoms with van der Waals surface area (Å²) < 4.78 is 0. The summed E-state index contributed by atoms with van der Waals surface area (Å²) in [6.45, 7) is 8.33. The zero-order chi connectivity index (χ0) is 12.5. The second kappa shape index (κ2) is 5.50. The van der Waals surface area contributed by atoms with E-state index in [1.54, 1.807) is 0 Å². The molecule has 2 atom stereocenters. The maximum Gasteiger partial charge on any atom is 0.0210 e. The van der Waals surface area contributed by atoms with Crippen LogP contribution in [-0.4, -0.2) is 48.1 Å². The summed E-state index contributed by atoms with van der Waals surface area (Å²) >= 11 is 2.11. The lowest BCUT2D eigenvalue weighted by Crippen LogP contribution is -2.50. The smallest absolute Gasteiger partial charge is 0.0210 e. The van der Waals surface area contributed by atoms with E-state index in [-0.39, 0.29) is 0 Å². The normalized spacial score (nSPS) is 30.5. The van der Waals surface area contributed by atoms with Gasteiger partial charge < -0.3 is 5.32 Å². The van der Waals surface area contributed by atoms with Crippen molar-refractivity contribution in [2.24, 2.45) is 5.41 Å². The fraction of sp³-hybridized carbons (Fsp3) is 1.00. The van der Waals surface area contributed by atoms with E-state index >= 15 is 0 Å². The number of nitrogens with one attached hydrogen (secondary N) is 1. The average molecular weight is 256 g/mol. The fourth-order valence-electron chi connectivity index (χ4n) is 2.57. The summed E-state index contributed by atoms with van der Waals surface area (Å²) in [6, 6.07) is 2.24. The largest absolute Gasteiger partial charge is 0.311 e. The molecule has 0 amide bonds. The molecular formula is C14H28N2S. The molecule has 100 valence electrons. The van der Waals surface area contributed by atoms with Gasteiger partial charge in [-0.15, -0.1) is 0 Å². The second-order valence-corrected chi connectivity index (χ2v) is 7.67. The van der Waals surface area contributed by atoms with Crippen molar-refractivity contribution in [3.63, 3.8) is 0 Å². The van der Waals surface area contributed by atoms with Gasteiger partial charge in [-0.25, -0.2) is 0 Å². The Morgan fingerprint density at radius 3 is 2.71 bits per heavy atom. The Labute approximate surface area is 111 Å². The van der Waals surface area contributed by atoms with Gasteiger partial charge in [0.2, 0.25) is 0 Å². The van der Waals surface area contributed by atoms with Crippen molar-refractivity contribution in [1.82, 2.24) is 10.2 Å². The van der Waals surface area contributed by atoms with E-state index in [4.69, 9.17) is 0 Å². The highest BCUT2D eigenvalue weighted by molar-refractivity contribution is 7.99. The second-order valence-electron chi connectivity index (χ2n) is 6.52. The highest BCUT2D eigenvalue weighted by atomic mass is 32.2. The van der Waals surface area contributed by atoms with E-state index in [1.165, 1.54) is 30.8 Å². The maximum absolute atomic E-state index is 3.81. The minimum absolute atomic E-state index is 0.475. The number of hydrogen-bond donors (Lipinski definition) is 1. The highest BCUT2D eigenvalue weighted by Gasteiger charge is 2.33. The number of likely N-dealkylation sites (N-methyl/N-ethyl adjacent to an activating group) is 1. The van der Waals surface area contributed by atoms with Gasteiger partial charge in [-0.05, 0) is 44.4 Å². The third kappa shape index (κ3) is 3.62. The van der Waals surface area contributed by atoms with Gasteiger partial charge in [0.1, 0.15) is 0 Å². The van der Waals surface area contributed by atoms with Crippen molar-refractivity contribution >= 4 is 11.8 Å². The van der Waals surface area contributed by atoms with Gasteiger partial charge in [0.25, 0.3) is 0 Å². The van der Waals surface area contributed by atoms with Crippen LogP contribution in [-0.2, 0) is 0 Å². The summed E-state index contributed by atoms with van der Waals surface area (Å²) in [5, 5.41) is 3.81. The SMILES string of the molecule is CC(CNC1CSCCC1(C)C)N(C)C1CC1. The first-order valence-corrected chi connectivity index (χ1v) is 8.19. The molecule has 2 unspecified atom stereocenters. The third-order valence-corrected chi connectivity index (χ3v) is 5.66. The maximum atomic E-state index is 3.81. The average Bonchev–Trinajstić information content (AvgIpc) is 3.09. The molecule has 2 fully saturated rings. The Morgan fingerprint density at radius 2 is 2.12 bits per heavy atom. The van der Waals surface area contributed by atoms with Crippen LogP contribution >= 0.6 is 11.8 Å². The standard InChI is InChI=1S/C14H28N2S/c1-11(16(4)12-5-6-12)9-15-13-10-17-8-7-14(13,2)3/h11-13,15H,5-10H2,1-4H3. The predicted molar refractivity (Wildman–Crippen MR) is 77.8 cm³/mol. The molecule has 0 radical (unpaired) electrons. The van der Waals surface area contributed by atoms with E-state index in [0.29, 0.717) is 17.5 Å². The molecule has 2 rings (SSSR count). The number of hydrogen-bond acceptors (Lipinski definition) is 3. The Morgan fingerprint density at radius 1 is 1.41 bits per heavy atom. The van der Waals surface area contributed by atoms with Crippen LogP contribution in [0.4, 0.5) is 0 Å². The summed E-state index contributed by atoms with van der Waals surface area (Å²) in [6.07, 6.45) is 4.17. The van der Waals surface area contributed by atoms with Gasteiger partial charge in [0, 0.05) is 30.4 Å². The zero-order valence-electron chi connectivity index (χ0n) is 11.8. The highest BCUT2D eigenvalue weighted by Crippen LogP contribution is 2.34. The van der Waals surface area contributed by atoms with Crippen molar-refractivity contribution in [3.05, 3.63) is 0 Å². The molecule has 1 N–H and O–H groups in total.